The van der Waals surface area contributed by atoms with Crippen LogP contribution in [0.4, 0.5) is 0 Å². The topological polar surface area (TPSA) is 42.0 Å². The molecule has 1 amide bonds. The summed E-state index contributed by atoms with van der Waals surface area (Å²) in [6.07, 6.45) is 3.33. The standard InChI is InChI=1S/C11H16N2OS/c1-2-10(14)12-8-5-9-15-11-6-3-4-7-13-11/h3-4,6-7H,2,5,8-9H2,1H3,(H,12,14). The largest absolute Gasteiger partial charge is 0.356 e. The van der Waals surface area contributed by atoms with Gasteiger partial charge in [-0.3, -0.25) is 4.79 Å². The Morgan fingerprint density at radius 1 is 1.53 bits per heavy atom. The molecule has 0 aliphatic rings. The lowest BCUT2D eigenvalue weighted by Crippen LogP contribution is -2.23. The van der Waals surface area contributed by atoms with Gasteiger partial charge in [-0.05, 0) is 18.6 Å². The molecule has 1 heterocycles. The van der Waals surface area contributed by atoms with Crippen LogP contribution < -0.4 is 5.32 Å². The molecule has 0 saturated heterocycles. The molecule has 0 atom stereocenters. The predicted molar refractivity (Wildman–Crippen MR) is 62.9 cm³/mol. The number of aromatic nitrogens is 1. The van der Waals surface area contributed by atoms with E-state index in [2.05, 4.69) is 10.3 Å². The van der Waals surface area contributed by atoms with Gasteiger partial charge in [0.1, 0.15) is 0 Å². The number of carbonyl (C=O) groups is 1. The number of hydrogen-bond donors (Lipinski definition) is 1. The minimum absolute atomic E-state index is 0.123. The minimum atomic E-state index is 0.123. The van der Waals surface area contributed by atoms with Crippen LogP contribution in [-0.4, -0.2) is 23.2 Å². The average Bonchev–Trinajstić information content (AvgIpc) is 2.29. The quantitative estimate of drug-likeness (QED) is 0.594. The molecule has 1 N–H and O–H groups in total. The molecular weight excluding hydrogens is 208 g/mol. The number of nitrogens with one attached hydrogen (secondary N) is 1. The summed E-state index contributed by atoms with van der Waals surface area (Å²) in [5.74, 6) is 1.11. The molecule has 0 radical (unpaired) electrons. The van der Waals surface area contributed by atoms with Gasteiger partial charge in [0.2, 0.25) is 5.91 Å². The molecule has 1 aromatic rings. The number of hydrogen-bond acceptors (Lipinski definition) is 3. The van der Waals surface area contributed by atoms with Gasteiger partial charge in [-0.25, -0.2) is 4.98 Å². The second-order valence-electron chi connectivity index (χ2n) is 3.07. The van der Waals surface area contributed by atoms with Crippen LogP contribution in [-0.2, 0) is 4.79 Å². The Hall–Kier alpha value is -1.03. The molecule has 0 aromatic carbocycles. The summed E-state index contributed by atoms with van der Waals surface area (Å²) in [4.78, 5) is 15.1. The lowest BCUT2D eigenvalue weighted by Gasteiger charge is -2.02. The molecule has 15 heavy (non-hydrogen) atoms. The first-order valence-electron chi connectivity index (χ1n) is 5.13. The van der Waals surface area contributed by atoms with Crippen LogP contribution in [0.25, 0.3) is 0 Å². The third-order valence-corrected chi connectivity index (χ3v) is 2.88. The van der Waals surface area contributed by atoms with E-state index in [1.54, 1.807) is 18.0 Å². The van der Waals surface area contributed by atoms with E-state index in [0.717, 1.165) is 23.7 Å². The van der Waals surface area contributed by atoms with Crippen LogP contribution in [0, 0.1) is 0 Å². The lowest BCUT2D eigenvalue weighted by atomic mass is 10.4. The Kier molecular flexibility index (Phi) is 5.85. The molecule has 0 aliphatic heterocycles. The minimum Gasteiger partial charge on any atom is -0.356 e. The van der Waals surface area contributed by atoms with Gasteiger partial charge in [-0.1, -0.05) is 13.0 Å². The fourth-order valence-corrected chi connectivity index (χ4v) is 1.84. The summed E-state index contributed by atoms with van der Waals surface area (Å²) in [5, 5.41) is 3.89. The number of rotatable bonds is 6. The van der Waals surface area contributed by atoms with E-state index in [1.807, 2.05) is 25.1 Å². The fraction of sp³-hybridized carbons (Fsp3) is 0.455. The highest BCUT2D eigenvalue weighted by molar-refractivity contribution is 7.99. The van der Waals surface area contributed by atoms with Crippen LogP contribution in [0.2, 0.25) is 0 Å². The number of amides is 1. The number of carbonyl (C=O) groups excluding carboxylic acids is 1. The highest BCUT2D eigenvalue weighted by Crippen LogP contribution is 2.14. The van der Waals surface area contributed by atoms with E-state index in [1.165, 1.54) is 0 Å². The first-order chi connectivity index (χ1) is 7.33. The van der Waals surface area contributed by atoms with Crippen molar-refractivity contribution < 1.29 is 4.79 Å². The van der Waals surface area contributed by atoms with E-state index in [4.69, 9.17) is 0 Å². The normalized spacial score (nSPS) is 9.93. The van der Waals surface area contributed by atoms with Gasteiger partial charge in [-0.2, -0.15) is 0 Å². The third kappa shape index (κ3) is 5.42. The highest BCUT2D eigenvalue weighted by atomic mass is 32.2. The Balaban J connectivity index is 2.05. The molecule has 0 fully saturated rings. The van der Waals surface area contributed by atoms with E-state index in [0.29, 0.717) is 6.42 Å². The molecule has 4 heteroatoms. The van der Waals surface area contributed by atoms with Crippen LogP contribution >= 0.6 is 11.8 Å². The summed E-state index contributed by atoms with van der Waals surface area (Å²) in [7, 11) is 0. The first kappa shape index (κ1) is 12.0. The molecule has 0 saturated carbocycles. The van der Waals surface area contributed by atoms with E-state index in [9.17, 15) is 4.79 Å². The zero-order chi connectivity index (χ0) is 10.9. The van der Waals surface area contributed by atoms with Crippen molar-refractivity contribution in [3.05, 3.63) is 24.4 Å². The van der Waals surface area contributed by atoms with E-state index >= 15 is 0 Å². The van der Waals surface area contributed by atoms with Gasteiger partial charge < -0.3 is 5.32 Å². The van der Waals surface area contributed by atoms with Gasteiger partial charge in [0.25, 0.3) is 0 Å². The maximum Gasteiger partial charge on any atom is 0.219 e. The predicted octanol–water partition coefficient (Wildman–Crippen LogP) is 2.09. The molecule has 0 spiro atoms. The third-order valence-electron chi connectivity index (χ3n) is 1.85. The van der Waals surface area contributed by atoms with Gasteiger partial charge in [-0.15, -0.1) is 11.8 Å². The Morgan fingerprint density at radius 3 is 3.07 bits per heavy atom. The second-order valence-corrected chi connectivity index (χ2v) is 4.19. The van der Waals surface area contributed by atoms with Crippen molar-refractivity contribution in [2.45, 2.75) is 24.8 Å². The van der Waals surface area contributed by atoms with Gasteiger partial charge in [0, 0.05) is 24.9 Å². The van der Waals surface area contributed by atoms with Crippen molar-refractivity contribution >= 4 is 17.7 Å². The SMILES string of the molecule is CCC(=O)NCCCSc1ccccn1. The van der Waals surface area contributed by atoms with Crippen molar-refractivity contribution in [2.24, 2.45) is 0 Å². The molecule has 0 unspecified atom stereocenters. The second kappa shape index (κ2) is 7.29. The van der Waals surface area contributed by atoms with Crippen molar-refractivity contribution in [2.75, 3.05) is 12.3 Å². The van der Waals surface area contributed by atoms with Crippen LogP contribution in [0.1, 0.15) is 19.8 Å². The first-order valence-corrected chi connectivity index (χ1v) is 6.12. The van der Waals surface area contributed by atoms with Crippen molar-refractivity contribution in [3.63, 3.8) is 0 Å². The zero-order valence-corrected chi connectivity index (χ0v) is 9.72. The van der Waals surface area contributed by atoms with E-state index in [-0.39, 0.29) is 5.91 Å². The smallest absolute Gasteiger partial charge is 0.219 e. The molecule has 3 nitrogen and oxygen atoms in total. The maximum atomic E-state index is 10.9. The van der Waals surface area contributed by atoms with Crippen molar-refractivity contribution in [1.29, 1.82) is 0 Å². The summed E-state index contributed by atoms with van der Waals surface area (Å²) in [5.41, 5.74) is 0. The molecule has 0 aliphatic carbocycles. The Labute approximate surface area is 94.7 Å². The van der Waals surface area contributed by atoms with Crippen molar-refractivity contribution in [1.82, 2.24) is 10.3 Å². The summed E-state index contributed by atoms with van der Waals surface area (Å²) >= 11 is 1.72. The van der Waals surface area contributed by atoms with Crippen molar-refractivity contribution in [3.8, 4) is 0 Å². The fourth-order valence-electron chi connectivity index (χ4n) is 1.03. The van der Waals surface area contributed by atoms with Gasteiger partial charge in [0.05, 0.1) is 5.03 Å². The molecule has 82 valence electrons. The maximum absolute atomic E-state index is 10.9. The van der Waals surface area contributed by atoms with Gasteiger partial charge >= 0.3 is 0 Å². The monoisotopic (exact) mass is 224 g/mol. The number of pyridine rings is 1. The average molecular weight is 224 g/mol. The van der Waals surface area contributed by atoms with Crippen LogP contribution in [0.3, 0.4) is 0 Å². The lowest BCUT2D eigenvalue weighted by molar-refractivity contribution is -0.120. The van der Waals surface area contributed by atoms with E-state index < -0.39 is 0 Å². The summed E-state index contributed by atoms with van der Waals surface area (Å²) < 4.78 is 0. The molecular formula is C11H16N2OS. The molecule has 1 rings (SSSR count). The number of nitrogens with zero attached hydrogens (tertiary/aromatic N) is 1. The summed E-state index contributed by atoms with van der Waals surface area (Å²) in [6, 6.07) is 5.88. The molecule has 1 aromatic heterocycles. The van der Waals surface area contributed by atoms with Crippen LogP contribution in [0.5, 0.6) is 0 Å². The zero-order valence-electron chi connectivity index (χ0n) is 8.90. The van der Waals surface area contributed by atoms with Gasteiger partial charge in [0.15, 0.2) is 0 Å². The number of thioether (sulfide) groups is 1. The Morgan fingerprint density at radius 2 is 2.40 bits per heavy atom. The highest BCUT2D eigenvalue weighted by Gasteiger charge is 1.96. The Bertz CT molecular complexity index is 290. The summed E-state index contributed by atoms with van der Waals surface area (Å²) in [6.45, 7) is 2.62. The van der Waals surface area contributed by atoms with Crippen LogP contribution in [0.15, 0.2) is 29.4 Å². The molecule has 0 bridgehead atoms.